The van der Waals surface area contributed by atoms with Crippen LogP contribution in [-0.4, -0.2) is 7.05 Å². The van der Waals surface area contributed by atoms with Crippen molar-refractivity contribution in [3.05, 3.63) is 69.2 Å². The molecule has 2 atom stereocenters. The summed E-state index contributed by atoms with van der Waals surface area (Å²) < 4.78 is 1.20. The Labute approximate surface area is 129 Å². The number of hydrogen-bond donors (Lipinski definition) is 1. The lowest BCUT2D eigenvalue weighted by molar-refractivity contribution is 0.452. The predicted molar refractivity (Wildman–Crippen MR) is 88.2 cm³/mol. The van der Waals surface area contributed by atoms with Crippen molar-refractivity contribution >= 4 is 15.9 Å². The van der Waals surface area contributed by atoms with Gasteiger partial charge in [0.25, 0.3) is 0 Å². The van der Waals surface area contributed by atoms with Crippen molar-refractivity contribution in [2.24, 2.45) is 0 Å². The Morgan fingerprint density at radius 2 is 2.05 bits per heavy atom. The predicted octanol–water partition coefficient (Wildman–Crippen LogP) is 4.75. The molecule has 104 valence electrons. The molecule has 0 radical (unpaired) electrons. The average Bonchev–Trinajstić information content (AvgIpc) is 2.44. The second kappa shape index (κ2) is 5.71. The Balaban J connectivity index is 1.77. The van der Waals surface area contributed by atoms with Crippen LogP contribution in [0.4, 0.5) is 0 Å². The minimum atomic E-state index is 0.422. The van der Waals surface area contributed by atoms with Gasteiger partial charge in [-0.25, -0.2) is 0 Å². The van der Waals surface area contributed by atoms with E-state index in [0.717, 1.165) is 0 Å². The fourth-order valence-corrected chi connectivity index (χ4v) is 3.50. The van der Waals surface area contributed by atoms with Crippen molar-refractivity contribution in [2.45, 2.75) is 31.7 Å². The highest BCUT2D eigenvalue weighted by molar-refractivity contribution is 9.10. The van der Waals surface area contributed by atoms with E-state index in [1.54, 1.807) is 5.56 Å². The van der Waals surface area contributed by atoms with Crippen molar-refractivity contribution in [1.29, 1.82) is 0 Å². The Morgan fingerprint density at radius 3 is 2.75 bits per heavy atom. The third-order valence-electron chi connectivity index (χ3n) is 4.43. The summed E-state index contributed by atoms with van der Waals surface area (Å²) in [7, 11) is 2.06. The second-order valence-electron chi connectivity index (χ2n) is 5.69. The van der Waals surface area contributed by atoms with E-state index >= 15 is 0 Å². The molecule has 0 bridgehead atoms. The van der Waals surface area contributed by atoms with Crippen molar-refractivity contribution in [3.63, 3.8) is 0 Å². The summed E-state index contributed by atoms with van der Waals surface area (Å²) in [5, 5.41) is 3.47. The first kappa shape index (κ1) is 13.8. The molecule has 2 heteroatoms. The van der Waals surface area contributed by atoms with Gasteiger partial charge in [-0.15, -0.1) is 0 Å². The lowest BCUT2D eigenvalue weighted by atomic mass is 9.74. The minimum absolute atomic E-state index is 0.422. The number of benzene rings is 2. The molecule has 0 spiro atoms. The smallest absolute Gasteiger partial charge is 0.0323 e. The Hall–Kier alpha value is -1.12. The Bertz CT molecular complexity index is 621. The average molecular weight is 330 g/mol. The maximum Gasteiger partial charge on any atom is 0.0323 e. The van der Waals surface area contributed by atoms with Gasteiger partial charge in [-0.2, -0.15) is 0 Å². The highest BCUT2D eigenvalue weighted by atomic mass is 79.9. The monoisotopic (exact) mass is 329 g/mol. The first-order chi connectivity index (χ1) is 9.69. The zero-order chi connectivity index (χ0) is 14.1. The molecule has 0 amide bonds. The summed E-state index contributed by atoms with van der Waals surface area (Å²) in [6, 6.07) is 15.9. The van der Waals surface area contributed by atoms with Gasteiger partial charge in [0.05, 0.1) is 0 Å². The Morgan fingerprint density at radius 1 is 1.25 bits per heavy atom. The number of aryl methyl sites for hydroxylation is 1. The molecule has 2 aromatic rings. The molecule has 0 heterocycles. The van der Waals surface area contributed by atoms with Gasteiger partial charge in [0.2, 0.25) is 0 Å². The van der Waals surface area contributed by atoms with Gasteiger partial charge in [-0.1, -0.05) is 52.3 Å². The van der Waals surface area contributed by atoms with Crippen molar-refractivity contribution in [1.82, 2.24) is 5.32 Å². The number of fused-ring (bicyclic) bond motifs is 1. The van der Waals surface area contributed by atoms with Gasteiger partial charge >= 0.3 is 0 Å². The van der Waals surface area contributed by atoms with Crippen LogP contribution in [0.2, 0.25) is 0 Å². The molecule has 0 saturated carbocycles. The molecule has 3 rings (SSSR count). The van der Waals surface area contributed by atoms with Crippen LogP contribution >= 0.6 is 15.9 Å². The summed E-state index contributed by atoms with van der Waals surface area (Å²) in [6.45, 7) is 2.13. The number of hydrogen-bond acceptors (Lipinski definition) is 1. The van der Waals surface area contributed by atoms with Crippen molar-refractivity contribution < 1.29 is 0 Å². The highest BCUT2D eigenvalue weighted by Crippen LogP contribution is 2.40. The quantitative estimate of drug-likeness (QED) is 0.853. The molecule has 2 unspecified atom stereocenters. The van der Waals surface area contributed by atoms with Crippen LogP contribution in [0.25, 0.3) is 0 Å². The third-order valence-corrected chi connectivity index (χ3v) is 5.28. The van der Waals surface area contributed by atoms with Crippen LogP contribution in [0, 0.1) is 6.92 Å². The first-order valence-electron chi connectivity index (χ1n) is 7.20. The second-order valence-corrected chi connectivity index (χ2v) is 6.54. The number of rotatable bonds is 4. The Kier molecular flexibility index (Phi) is 3.95. The number of halogens is 1. The van der Waals surface area contributed by atoms with E-state index in [1.165, 1.54) is 34.0 Å². The fraction of sp³-hybridized carbons (Fsp3) is 0.333. The lowest BCUT2D eigenvalue weighted by Crippen LogP contribution is -2.25. The first-order valence-corrected chi connectivity index (χ1v) is 7.99. The molecular weight excluding hydrogens is 310 g/mol. The fourth-order valence-electron chi connectivity index (χ4n) is 3.10. The standard InChI is InChI=1S/C18H20BrN/c1-12-7-8-14(10-17(12)19)18(20-2)11-15-9-13-5-3-4-6-16(13)15/h3-8,10,15,18,20H,9,11H2,1-2H3. The van der Waals surface area contributed by atoms with Gasteiger partial charge in [0.15, 0.2) is 0 Å². The minimum Gasteiger partial charge on any atom is -0.313 e. The van der Waals surface area contributed by atoms with Gasteiger partial charge in [0, 0.05) is 10.5 Å². The molecule has 0 aromatic heterocycles. The molecule has 2 aromatic carbocycles. The van der Waals surface area contributed by atoms with E-state index in [2.05, 4.69) is 77.7 Å². The lowest BCUT2D eigenvalue weighted by Gasteiger charge is -2.33. The molecule has 1 aliphatic carbocycles. The van der Waals surface area contributed by atoms with Crippen LogP contribution < -0.4 is 5.32 Å². The van der Waals surface area contributed by atoms with E-state index in [-0.39, 0.29) is 0 Å². The summed E-state index contributed by atoms with van der Waals surface area (Å²) >= 11 is 3.64. The van der Waals surface area contributed by atoms with Gasteiger partial charge < -0.3 is 5.32 Å². The molecule has 20 heavy (non-hydrogen) atoms. The van der Waals surface area contributed by atoms with Crippen LogP contribution in [0.5, 0.6) is 0 Å². The molecule has 0 saturated heterocycles. The van der Waals surface area contributed by atoms with E-state index in [9.17, 15) is 0 Å². The van der Waals surface area contributed by atoms with E-state index in [1.807, 2.05) is 0 Å². The number of nitrogens with one attached hydrogen (secondary N) is 1. The molecular formula is C18H20BrN. The van der Waals surface area contributed by atoms with Gasteiger partial charge in [-0.3, -0.25) is 0 Å². The highest BCUT2D eigenvalue weighted by Gasteiger charge is 2.28. The maximum atomic E-state index is 3.64. The van der Waals surface area contributed by atoms with Crippen LogP contribution in [0.1, 0.15) is 40.6 Å². The molecule has 0 aliphatic heterocycles. The largest absolute Gasteiger partial charge is 0.313 e. The summed E-state index contributed by atoms with van der Waals surface area (Å²) in [5.74, 6) is 0.698. The van der Waals surface area contributed by atoms with Crippen LogP contribution in [0.3, 0.4) is 0 Å². The zero-order valence-electron chi connectivity index (χ0n) is 12.0. The summed E-state index contributed by atoms with van der Waals surface area (Å²) in [5.41, 5.74) is 5.73. The van der Waals surface area contributed by atoms with E-state index < -0.39 is 0 Å². The molecule has 1 nitrogen and oxygen atoms in total. The van der Waals surface area contributed by atoms with Crippen LogP contribution in [0.15, 0.2) is 46.9 Å². The van der Waals surface area contributed by atoms with Crippen molar-refractivity contribution in [3.8, 4) is 0 Å². The van der Waals surface area contributed by atoms with Gasteiger partial charge in [0.1, 0.15) is 0 Å². The van der Waals surface area contributed by atoms with Gasteiger partial charge in [-0.05, 0) is 61.1 Å². The zero-order valence-corrected chi connectivity index (χ0v) is 13.6. The SMILES string of the molecule is CNC(CC1Cc2ccccc21)c1ccc(C)c(Br)c1. The van der Waals surface area contributed by atoms with Crippen LogP contribution in [-0.2, 0) is 6.42 Å². The maximum absolute atomic E-state index is 3.64. The molecule has 0 fully saturated rings. The van der Waals surface area contributed by atoms with E-state index in [4.69, 9.17) is 0 Å². The third kappa shape index (κ3) is 2.55. The van der Waals surface area contributed by atoms with Crippen molar-refractivity contribution in [2.75, 3.05) is 7.05 Å². The summed E-state index contributed by atoms with van der Waals surface area (Å²) in [4.78, 5) is 0. The summed E-state index contributed by atoms with van der Waals surface area (Å²) in [6.07, 6.45) is 2.39. The molecule has 1 aliphatic rings. The normalized spacial score (nSPS) is 18.2. The van der Waals surface area contributed by atoms with E-state index in [0.29, 0.717) is 12.0 Å². The molecule has 1 N–H and O–H groups in total. The topological polar surface area (TPSA) is 12.0 Å².